The molecule has 33 heavy (non-hydrogen) atoms. The van der Waals surface area contributed by atoms with Gasteiger partial charge in [0.15, 0.2) is 0 Å². The highest BCUT2D eigenvalue weighted by Gasteiger charge is 2.51. The lowest BCUT2D eigenvalue weighted by atomic mass is 10.0. The first-order chi connectivity index (χ1) is 15.9. The van der Waals surface area contributed by atoms with Crippen molar-refractivity contribution >= 4 is 27.0 Å². The van der Waals surface area contributed by atoms with Crippen LogP contribution in [0.15, 0.2) is 42.6 Å². The van der Waals surface area contributed by atoms with Crippen LogP contribution < -0.4 is 5.32 Å². The number of aryl methyl sites for hydroxylation is 1. The zero-order valence-electron chi connectivity index (χ0n) is 19.0. The maximum Gasteiger partial charge on any atom is 0.211 e. The Bertz CT molecular complexity index is 1290. The number of piperidine rings is 1. The highest BCUT2D eigenvalue weighted by molar-refractivity contribution is 7.88. The molecule has 1 saturated heterocycles. The topological polar surface area (TPSA) is 78.4 Å². The van der Waals surface area contributed by atoms with Crippen LogP contribution in [0.2, 0.25) is 0 Å². The van der Waals surface area contributed by atoms with Crippen LogP contribution in [0.5, 0.6) is 0 Å². The van der Waals surface area contributed by atoms with Gasteiger partial charge < -0.3 is 10.2 Å². The molecule has 0 spiro atoms. The summed E-state index contributed by atoms with van der Waals surface area (Å²) in [6.45, 7) is 2.93. The summed E-state index contributed by atoms with van der Waals surface area (Å²) < 4.78 is 25.3. The van der Waals surface area contributed by atoms with Crippen molar-refractivity contribution < 1.29 is 8.42 Å². The molecule has 0 aromatic carbocycles. The highest BCUT2D eigenvalue weighted by Crippen LogP contribution is 2.50. The van der Waals surface area contributed by atoms with Crippen LogP contribution in [0.3, 0.4) is 0 Å². The van der Waals surface area contributed by atoms with Gasteiger partial charge in [-0.3, -0.25) is 9.97 Å². The molecule has 7 nitrogen and oxygen atoms in total. The molecule has 172 valence electrons. The van der Waals surface area contributed by atoms with Crippen LogP contribution >= 0.6 is 0 Å². The molecule has 0 radical (unpaired) electrons. The molecular formula is C25H29N5O2S. The fraction of sp³-hybridized carbons (Fsp3) is 0.440. The van der Waals surface area contributed by atoms with Crippen molar-refractivity contribution in [2.75, 3.05) is 19.3 Å². The third-order valence-corrected chi connectivity index (χ3v) is 8.79. The molecule has 2 fully saturated rings. The van der Waals surface area contributed by atoms with Crippen molar-refractivity contribution in [2.24, 2.45) is 5.92 Å². The molecule has 2 aromatic heterocycles. The van der Waals surface area contributed by atoms with Crippen molar-refractivity contribution in [3.05, 3.63) is 65.2 Å². The Hall–Kier alpha value is -2.71. The standard InChI is InChI=1S/C25H29N5O2S/c1-16-4-3-5-21(27-16)23-24(30-20-7-6-19(14-20)25(30)28-23)18-8-11-26-22(15-18)17-9-12-29(13-10-17)33(2,31)32/h3-5,8-9,11,15,19-20,25,28H,6-7,10,12-14H2,1-2H3. The summed E-state index contributed by atoms with van der Waals surface area (Å²) in [5.74, 6) is 0.677. The summed E-state index contributed by atoms with van der Waals surface area (Å²) in [5.41, 5.74) is 7.51. The molecule has 3 atom stereocenters. The molecule has 4 aliphatic rings. The van der Waals surface area contributed by atoms with Crippen LogP contribution in [0.4, 0.5) is 0 Å². The Morgan fingerprint density at radius 2 is 2.03 bits per heavy atom. The smallest absolute Gasteiger partial charge is 0.211 e. The van der Waals surface area contributed by atoms with Crippen LogP contribution in [0.25, 0.3) is 17.0 Å². The number of hydrogen-bond donors (Lipinski definition) is 1. The van der Waals surface area contributed by atoms with Gasteiger partial charge in [-0.1, -0.05) is 12.1 Å². The normalized spacial score (nSPS) is 27.0. The van der Waals surface area contributed by atoms with Gasteiger partial charge >= 0.3 is 0 Å². The average molecular weight is 464 g/mol. The van der Waals surface area contributed by atoms with Crippen molar-refractivity contribution in [1.29, 1.82) is 0 Å². The van der Waals surface area contributed by atoms with Crippen LogP contribution in [0.1, 0.15) is 48.3 Å². The number of rotatable bonds is 4. The minimum absolute atomic E-state index is 0.338. The zero-order valence-corrected chi connectivity index (χ0v) is 19.8. The lowest BCUT2D eigenvalue weighted by molar-refractivity contribution is 0.218. The van der Waals surface area contributed by atoms with Crippen molar-refractivity contribution in [2.45, 2.75) is 44.8 Å². The van der Waals surface area contributed by atoms with E-state index in [9.17, 15) is 8.42 Å². The molecule has 5 heterocycles. The molecular weight excluding hydrogens is 434 g/mol. The minimum atomic E-state index is -3.17. The Morgan fingerprint density at radius 3 is 2.79 bits per heavy atom. The monoisotopic (exact) mass is 463 g/mol. The van der Waals surface area contributed by atoms with E-state index in [1.165, 1.54) is 35.5 Å². The molecule has 6 rings (SSSR count). The van der Waals surface area contributed by atoms with Crippen LogP contribution in [-0.2, 0) is 10.0 Å². The molecule has 0 amide bonds. The molecule has 2 aromatic rings. The van der Waals surface area contributed by atoms with E-state index in [1.54, 1.807) is 0 Å². The number of fused-ring (bicyclic) bond motifs is 5. The first-order valence-corrected chi connectivity index (χ1v) is 13.6. The van der Waals surface area contributed by atoms with Gasteiger partial charge in [0.25, 0.3) is 0 Å². The SMILES string of the molecule is Cc1cccc(C2=C(c3ccnc(C4=CCN(S(C)(=O)=O)CC4)c3)N3C4CCC(C4)C3N2)n1. The van der Waals surface area contributed by atoms with Gasteiger partial charge in [0, 0.05) is 36.6 Å². The fourth-order valence-corrected chi connectivity index (χ4v) is 6.72. The molecule has 1 N–H and O–H groups in total. The number of pyridine rings is 2. The van der Waals surface area contributed by atoms with Crippen molar-refractivity contribution in [3.8, 4) is 0 Å². The van der Waals surface area contributed by atoms with Gasteiger partial charge in [-0.05, 0) is 68.4 Å². The highest BCUT2D eigenvalue weighted by atomic mass is 32.2. The van der Waals surface area contributed by atoms with Gasteiger partial charge in [-0.2, -0.15) is 4.31 Å². The number of hydrogen-bond acceptors (Lipinski definition) is 6. The summed E-state index contributed by atoms with van der Waals surface area (Å²) in [7, 11) is -3.17. The summed E-state index contributed by atoms with van der Waals surface area (Å²) in [6, 6.07) is 11.0. The quantitative estimate of drug-likeness (QED) is 0.751. The largest absolute Gasteiger partial charge is 0.361 e. The predicted octanol–water partition coefficient (Wildman–Crippen LogP) is 3.07. The second kappa shape index (κ2) is 7.67. The summed E-state index contributed by atoms with van der Waals surface area (Å²) in [5, 5.41) is 3.83. The average Bonchev–Trinajstić information content (AvgIpc) is 3.51. The lowest BCUT2D eigenvalue weighted by Crippen LogP contribution is -2.41. The first-order valence-electron chi connectivity index (χ1n) is 11.7. The first kappa shape index (κ1) is 20.9. The molecule has 1 aliphatic carbocycles. The molecule has 1 saturated carbocycles. The Balaban J connectivity index is 1.41. The van der Waals surface area contributed by atoms with E-state index in [0.717, 1.165) is 33.9 Å². The van der Waals surface area contributed by atoms with Gasteiger partial charge in [0.05, 0.1) is 29.0 Å². The van der Waals surface area contributed by atoms with Crippen molar-refractivity contribution in [3.63, 3.8) is 0 Å². The van der Waals surface area contributed by atoms with Crippen LogP contribution in [-0.4, -0.2) is 59.1 Å². The summed E-state index contributed by atoms with van der Waals surface area (Å²) >= 11 is 0. The lowest BCUT2D eigenvalue weighted by Gasteiger charge is -2.33. The van der Waals surface area contributed by atoms with E-state index in [4.69, 9.17) is 4.98 Å². The number of aromatic nitrogens is 2. The minimum Gasteiger partial charge on any atom is -0.361 e. The second-order valence-electron chi connectivity index (χ2n) is 9.64. The Morgan fingerprint density at radius 1 is 1.15 bits per heavy atom. The van der Waals surface area contributed by atoms with Crippen molar-refractivity contribution in [1.82, 2.24) is 24.5 Å². The number of sulfonamides is 1. The van der Waals surface area contributed by atoms with E-state index >= 15 is 0 Å². The molecule has 2 bridgehead atoms. The van der Waals surface area contributed by atoms with E-state index in [2.05, 4.69) is 39.5 Å². The van der Waals surface area contributed by atoms with Gasteiger partial charge in [0.1, 0.15) is 6.17 Å². The third kappa shape index (κ3) is 3.56. The van der Waals surface area contributed by atoms with E-state index < -0.39 is 10.0 Å². The Kier molecular flexibility index (Phi) is 4.85. The predicted molar refractivity (Wildman–Crippen MR) is 129 cm³/mol. The molecule has 8 heteroatoms. The van der Waals surface area contributed by atoms with E-state index in [-0.39, 0.29) is 0 Å². The maximum absolute atomic E-state index is 11.9. The number of nitrogens with zero attached hydrogens (tertiary/aromatic N) is 4. The van der Waals surface area contributed by atoms with Gasteiger partial charge in [-0.15, -0.1) is 0 Å². The van der Waals surface area contributed by atoms with E-state index in [1.807, 2.05) is 25.3 Å². The number of nitrogens with one attached hydrogen (secondary N) is 1. The fourth-order valence-electron chi connectivity index (χ4n) is 5.95. The summed E-state index contributed by atoms with van der Waals surface area (Å²) in [6.07, 6.45) is 9.93. The molecule has 3 unspecified atom stereocenters. The van der Waals surface area contributed by atoms with E-state index in [0.29, 0.717) is 37.6 Å². The van der Waals surface area contributed by atoms with Crippen LogP contribution in [0, 0.1) is 12.8 Å². The molecule has 3 aliphatic heterocycles. The van der Waals surface area contributed by atoms with Gasteiger partial charge in [-0.25, -0.2) is 8.42 Å². The second-order valence-corrected chi connectivity index (χ2v) is 11.6. The third-order valence-electron chi connectivity index (χ3n) is 7.52. The zero-order chi connectivity index (χ0) is 22.7. The summed E-state index contributed by atoms with van der Waals surface area (Å²) in [4.78, 5) is 12.1. The van der Waals surface area contributed by atoms with Gasteiger partial charge in [0.2, 0.25) is 10.0 Å². The maximum atomic E-state index is 11.9. The Labute approximate surface area is 195 Å².